The van der Waals surface area contributed by atoms with Gasteiger partial charge in [0.1, 0.15) is 0 Å². The van der Waals surface area contributed by atoms with Crippen molar-refractivity contribution in [1.29, 1.82) is 0 Å². The van der Waals surface area contributed by atoms with Crippen LogP contribution in [0.1, 0.15) is 5.56 Å². The van der Waals surface area contributed by atoms with E-state index in [0.717, 1.165) is 10.6 Å². The molecule has 1 aromatic heterocycles. The van der Waals surface area contributed by atoms with Crippen LogP contribution in [0.2, 0.25) is 0 Å². The maximum atomic E-state index is 10.5. The first-order valence-electron chi connectivity index (χ1n) is 3.29. The van der Waals surface area contributed by atoms with Crippen molar-refractivity contribution in [1.82, 2.24) is 5.01 Å². The summed E-state index contributed by atoms with van der Waals surface area (Å²) in [6.07, 6.45) is 1.58. The number of urea groups is 1. The fraction of sp³-hybridized carbons (Fsp3) is 0.143. The van der Waals surface area contributed by atoms with Gasteiger partial charge in [0.05, 0.1) is 6.21 Å². The van der Waals surface area contributed by atoms with E-state index in [1.54, 1.807) is 17.6 Å². The van der Waals surface area contributed by atoms with E-state index in [1.165, 1.54) is 7.05 Å². The van der Waals surface area contributed by atoms with Crippen LogP contribution in [0.4, 0.5) is 4.79 Å². The summed E-state index contributed by atoms with van der Waals surface area (Å²) in [5, 5.41) is 8.75. The Hall–Kier alpha value is -1.36. The number of nitrogens with two attached hydrogens (primary N) is 1. The molecule has 2 N–H and O–H groups in total. The minimum Gasteiger partial charge on any atom is -0.350 e. The molecule has 0 bridgehead atoms. The Morgan fingerprint density at radius 3 is 3.08 bits per heavy atom. The van der Waals surface area contributed by atoms with Crippen LogP contribution in [0, 0.1) is 0 Å². The molecular formula is C7H9N3OS. The van der Waals surface area contributed by atoms with Gasteiger partial charge < -0.3 is 5.73 Å². The number of hydrazone groups is 1. The number of carbonyl (C=O) groups is 1. The molecule has 1 heterocycles. The van der Waals surface area contributed by atoms with Gasteiger partial charge in [-0.3, -0.25) is 0 Å². The fourth-order valence-electron chi connectivity index (χ4n) is 0.559. The molecule has 0 fully saturated rings. The van der Waals surface area contributed by atoms with Gasteiger partial charge in [-0.15, -0.1) is 0 Å². The Bertz CT molecular complexity index is 281. The Morgan fingerprint density at radius 2 is 2.58 bits per heavy atom. The molecule has 12 heavy (non-hydrogen) atoms. The monoisotopic (exact) mass is 183 g/mol. The first kappa shape index (κ1) is 8.73. The van der Waals surface area contributed by atoms with Crippen LogP contribution in [0.15, 0.2) is 21.9 Å². The average molecular weight is 183 g/mol. The highest BCUT2D eigenvalue weighted by Gasteiger charge is 1.97. The molecule has 1 rings (SSSR count). The predicted molar refractivity (Wildman–Crippen MR) is 49.3 cm³/mol. The van der Waals surface area contributed by atoms with E-state index in [4.69, 9.17) is 5.73 Å². The smallest absolute Gasteiger partial charge is 0.334 e. The number of carbonyl (C=O) groups excluding carboxylic acids is 1. The Balaban J connectivity index is 2.56. The van der Waals surface area contributed by atoms with Crippen molar-refractivity contribution in [3.05, 3.63) is 22.4 Å². The Morgan fingerprint density at radius 1 is 1.83 bits per heavy atom. The van der Waals surface area contributed by atoms with E-state index in [2.05, 4.69) is 5.10 Å². The van der Waals surface area contributed by atoms with Crippen molar-refractivity contribution < 1.29 is 4.79 Å². The molecule has 0 saturated carbocycles. The summed E-state index contributed by atoms with van der Waals surface area (Å²) >= 11 is 1.57. The van der Waals surface area contributed by atoms with Gasteiger partial charge in [0, 0.05) is 12.6 Å². The maximum Gasteiger partial charge on any atom is 0.334 e. The Labute approximate surface area is 74.3 Å². The lowest BCUT2D eigenvalue weighted by Crippen LogP contribution is -2.27. The van der Waals surface area contributed by atoms with Gasteiger partial charge in [-0.1, -0.05) is 0 Å². The van der Waals surface area contributed by atoms with Crippen molar-refractivity contribution in [3.8, 4) is 0 Å². The summed E-state index contributed by atoms with van der Waals surface area (Å²) < 4.78 is 0. The maximum absolute atomic E-state index is 10.5. The van der Waals surface area contributed by atoms with Gasteiger partial charge in [0.2, 0.25) is 0 Å². The topological polar surface area (TPSA) is 58.7 Å². The SMILES string of the molecule is CN(/N=C/c1ccsc1)C(N)=O. The van der Waals surface area contributed by atoms with Crippen molar-refractivity contribution in [3.63, 3.8) is 0 Å². The predicted octanol–water partition coefficient (Wildman–Crippen LogP) is 1.09. The molecule has 0 unspecified atom stereocenters. The minimum absolute atomic E-state index is 0.568. The van der Waals surface area contributed by atoms with Gasteiger partial charge in [-0.2, -0.15) is 16.4 Å². The van der Waals surface area contributed by atoms with Crippen LogP contribution in [0.5, 0.6) is 0 Å². The molecule has 0 radical (unpaired) electrons. The van der Waals surface area contributed by atoms with Crippen LogP contribution in [-0.2, 0) is 0 Å². The molecule has 2 amide bonds. The molecule has 0 aliphatic carbocycles. The molecule has 5 heteroatoms. The van der Waals surface area contributed by atoms with E-state index in [-0.39, 0.29) is 0 Å². The highest BCUT2D eigenvalue weighted by atomic mass is 32.1. The standard InChI is InChI=1S/C7H9N3OS/c1-10(7(8)11)9-4-6-2-3-12-5-6/h2-5H,1H3,(H2,8,11)/b9-4+. The number of hydrogen-bond acceptors (Lipinski definition) is 3. The molecule has 64 valence electrons. The van der Waals surface area contributed by atoms with Gasteiger partial charge >= 0.3 is 6.03 Å². The second kappa shape index (κ2) is 3.87. The van der Waals surface area contributed by atoms with E-state index in [1.807, 2.05) is 16.8 Å². The first-order valence-corrected chi connectivity index (χ1v) is 4.24. The molecule has 0 aliphatic heterocycles. The molecule has 1 aromatic rings. The molecule has 0 saturated heterocycles. The van der Waals surface area contributed by atoms with Crippen molar-refractivity contribution in [2.75, 3.05) is 7.05 Å². The van der Waals surface area contributed by atoms with Crippen molar-refractivity contribution in [2.24, 2.45) is 10.8 Å². The quantitative estimate of drug-likeness (QED) is 0.541. The van der Waals surface area contributed by atoms with Crippen LogP contribution in [0.25, 0.3) is 0 Å². The zero-order valence-corrected chi connectivity index (χ0v) is 7.41. The number of nitrogens with zero attached hydrogens (tertiary/aromatic N) is 2. The molecule has 0 spiro atoms. The van der Waals surface area contributed by atoms with Crippen LogP contribution >= 0.6 is 11.3 Å². The summed E-state index contributed by atoms with van der Waals surface area (Å²) in [6.45, 7) is 0. The van der Waals surface area contributed by atoms with Crippen molar-refractivity contribution >= 4 is 23.6 Å². The normalized spacial score (nSPS) is 10.4. The van der Waals surface area contributed by atoms with E-state index < -0.39 is 6.03 Å². The second-order valence-corrected chi connectivity index (χ2v) is 2.94. The molecule has 4 nitrogen and oxygen atoms in total. The van der Waals surface area contributed by atoms with Crippen LogP contribution in [0.3, 0.4) is 0 Å². The summed E-state index contributed by atoms with van der Waals surface area (Å²) in [4.78, 5) is 10.5. The third-order valence-corrected chi connectivity index (χ3v) is 1.94. The van der Waals surface area contributed by atoms with Gasteiger partial charge in [0.15, 0.2) is 0 Å². The third kappa shape index (κ3) is 2.35. The fourth-order valence-corrected chi connectivity index (χ4v) is 1.17. The number of amides is 2. The average Bonchev–Trinajstić information content (AvgIpc) is 2.51. The number of primary amides is 1. The summed E-state index contributed by atoms with van der Waals surface area (Å²) in [5.41, 5.74) is 5.92. The lowest BCUT2D eigenvalue weighted by atomic mass is 10.4. The lowest BCUT2D eigenvalue weighted by Gasteiger charge is -2.04. The molecule has 0 aliphatic rings. The number of thiophene rings is 1. The highest BCUT2D eigenvalue weighted by Crippen LogP contribution is 2.02. The van der Waals surface area contributed by atoms with Gasteiger partial charge in [-0.25, -0.2) is 9.80 Å². The summed E-state index contributed by atoms with van der Waals surface area (Å²) in [7, 11) is 1.51. The number of rotatable bonds is 2. The first-order chi connectivity index (χ1) is 5.70. The number of hydrogen-bond donors (Lipinski definition) is 1. The molecular weight excluding hydrogens is 174 g/mol. The lowest BCUT2D eigenvalue weighted by molar-refractivity contribution is 0.220. The van der Waals surface area contributed by atoms with E-state index >= 15 is 0 Å². The summed E-state index contributed by atoms with van der Waals surface area (Å²) in [5.74, 6) is 0. The zero-order chi connectivity index (χ0) is 8.97. The van der Waals surface area contributed by atoms with Gasteiger partial charge in [0.25, 0.3) is 0 Å². The highest BCUT2D eigenvalue weighted by molar-refractivity contribution is 7.08. The van der Waals surface area contributed by atoms with Gasteiger partial charge in [-0.05, 0) is 16.8 Å². The van der Waals surface area contributed by atoms with Crippen LogP contribution in [-0.4, -0.2) is 24.3 Å². The minimum atomic E-state index is -0.568. The van der Waals surface area contributed by atoms with Crippen molar-refractivity contribution in [2.45, 2.75) is 0 Å². The van der Waals surface area contributed by atoms with E-state index in [0.29, 0.717) is 0 Å². The molecule has 0 aromatic carbocycles. The second-order valence-electron chi connectivity index (χ2n) is 2.16. The zero-order valence-electron chi connectivity index (χ0n) is 6.60. The van der Waals surface area contributed by atoms with E-state index in [9.17, 15) is 4.79 Å². The Kier molecular flexibility index (Phi) is 2.82. The third-order valence-electron chi connectivity index (χ3n) is 1.24. The molecule has 0 atom stereocenters. The van der Waals surface area contributed by atoms with Crippen LogP contribution < -0.4 is 5.73 Å². The largest absolute Gasteiger partial charge is 0.350 e. The summed E-state index contributed by atoms with van der Waals surface area (Å²) in [6, 6.07) is 1.34.